The third-order valence-electron chi connectivity index (χ3n) is 3.52. The van der Waals surface area contributed by atoms with Gasteiger partial charge in [-0.2, -0.15) is 0 Å². The summed E-state index contributed by atoms with van der Waals surface area (Å²) >= 11 is 0. The zero-order chi connectivity index (χ0) is 15.9. The number of likely N-dealkylation sites (tertiary alicyclic amines) is 1. The molecule has 0 aromatic carbocycles. The van der Waals surface area contributed by atoms with E-state index in [0.717, 1.165) is 19.5 Å². The number of aromatic nitrogens is 1. The van der Waals surface area contributed by atoms with Crippen LogP contribution in [0.5, 0.6) is 5.88 Å². The van der Waals surface area contributed by atoms with Crippen molar-refractivity contribution in [2.24, 2.45) is 16.6 Å². The van der Waals surface area contributed by atoms with Crippen molar-refractivity contribution in [3.63, 3.8) is 0 Å². The van der Waals surface area contributed by atoms with E-state index < -0.39 is 13.0 Å². The number of halogens is 2. The highest BCUT2D eigenvalue weighted by molar-refractivity contribution is 5.78. The van der Waals surface area contributed by atoms with Gasteiger partial charge in [0.25, 0.3) is 6.43 Å². The Morgan fingerprint density at radius 1 is 1.55 bits per heavy atom. The summed E-state index contributed by atoms with van der Waals surface area (Å²) in [6, 6.07) is 5.02. The molecule has 1 fully saturated rings. The normalized spacial score (nSPS) is 19.5. The molecule has 1 aliphatic rings. The number of rotatable bonds is 5. The Labute approximate surface area is 129 Å². The van der Waals surface area contributed by atoms with Crippen LogP contribution >= 0.6 is 0 Å². The monoisotopic (exact) mass is 312 g/mol. The van der Waals surface area contributed by atoms with E-state index in [1.807, 2.05) is 0 Å². The lowest BCUT2D eigenvalue weighted by atomic mass is 10.0. The van der Waals surface area contributed by atoms with Crippen LogP contribution in [0.2, 0.25) is 0 Å². The molecule has 1 atom stereocenters. The van der Waals surface area contributed by atoms with E-state index in [9.17, 15) is 8.78 Å². The van der Waals surface area contributed by atoms with Crippen LogP contribution in [0.15, 0.2) is 23.2 Å². The van der Waals surface area contributed by atoms with Gasteiger partial charge >= 0.3 is 0 Å². The number of pyridine rings is 1. The molecule has 7 heteroatoms. The van der Waals surface area contributed by atoms with Gasteiger partial charge in [0.05, 0.1) is 12.2 Å². The van der Waals surface area contributed by atoms with Crippen LogP contribution in [-0.2, 0) is 6.54 Å². The van der Waals surface area contributed by atoms with Crippen LogP contribution in [0.3, 0.4) is 0 Å². The van der Waals surface area contributed by atoms with Gasteiger partial charge in [-0.25, -0.2) is 18.8 Å². The molecule has 122 valence electrons. The standard InChI is InChI=1S/C15H22F2N4O/c1-11-4-3-7-21(9-11)15(18)19-8-12-5-2-6-14(20-12)22-10-13(16)17/h2,5-6,11,13H,3-4,7-10H2,1H3,(H2,18,19). The van der Waals surface area contributed by atoms with Gasteiger partial charge in [0.1, 0.15) is 0 Å². The number of ether oxygens (including phenoxy) is 1. The van der Waals surface area contributed by atoms with E-state index in [2.05, 4.69) is 21.8 Å². The molecule has 2 rings (SSSR count). The maximum atomic E-state index is 12.1. The molecule has 0 radical (unpaired) electrons. The Bertz CT molecular complexity index is 510. The molecule has 2 heterocycles. The second-order valence-electron chi connectivity index (χ2n) is 5.54. The smallest absolute Gasteiger partial charge is 0.272 e. The topological polar surface area (TPSA) is 63.7 Å². The SMILES string of the molecule is CC1CCCN(C(N)=NCc2cccc(OCC(F)F)n2)C1. The van der Waals surface area contributed by atoms with E-state index in [4.69, 9.17) is 10.5 Å². The Kier molecular flexibility index (Phi) is 5.91. The first-order valence-corrected chi connectivity index (χ1v) is 7.46. The molecule has 0 aliphatic carbocycles. The molecule has 1 aliphatic heterocycles. The average molecular weight is 312 g/mol. The van der Waals surface area contributed by atoms with Gasteiger partial charge in [-0.1, -0.05) is 13.0 Å². The average Bonchev–Trinajstić information content (AvgIpc) is 2.51. The summed E-state index contributed by atoms with van der Waals surface area (Å²) in [5.74, 6) is 1.30. The number of guanidine groups is 1. The molecule has 0 amide bonds. The minimum Gasteiger partial charge on any atom is -0.472 e. The van der Waals surface area contributed by atoms with Gasteiger partial charge in [-0.3, -0.25) is 0 Å². The number of piperidine rings is 1. The van der Waals surface area contributed by atoms with Crippen molar-refractivity contribution in [2.45, 2.75) is 32.7 Å². The van der Waals surface area contributed by atoms with Crippen LogP contribution in [0, 0.1) is 5.92 Å². The van der Waals surface area contributed by atoms with E-state index in [1.54, 1.807) is 18.2 Å². The van der Waals surface area contributed by atoms with Gasteiger partial charge in [0.2, 0.25) is 5.88 Å². The molecule has 1 aromatic rings. The van der Waals surface area contributed by atoms with Gasteiger partial charge in [0, 0.05) is 19.2 Å². The fraction of sp³-hybridized carbons (Fsp3) is 0.600. The third-order valence-corrected chi connectivity index (χ3v) is 3.52. The van der Waals surface area contributed by atoms with Gasteiger partial charge < -0.3 is 15.4 Å². The van der Waals surface area contributed by atoms with Crippen molar-refractivity contribution >= 4 is 5.96 Å². The molecular formula is C15H22F2N4O. The summed E-state index contributed by atoms with van der Waals surface area (Å²) in [4.78, 5) is 10.6. The lowest BCUT2D eigenvalue weighted by Gasteiger charge is -2.31. The summed E-state index contributed by atoms with van der Waals surface area (Å²) in [6.45, 7) is 3.69. The summed E-state index contributed by atoms with van der Waals surface area (Å²) in [5.41, 5.74) is 6.65. The molecule has 1 aromatic heterocycles. The number of nitrogens with two attached hydrogens (primary N) is 1. The summed E-state index contributed by atoms with van der Waals surface area (Å²) < 4.78 is 29.1. The Morgan fingerprint density at radius 2 is 2.36 bits per heavy atom. The van der Waals surface area contributed by atoms with Gasteiger partial charge in [0.15, 0.2) is 12.6 Å². The lowest BCUT2D eigenvalue weighted by molar-refractivity contribution is 0.0795. The van der Waals surface area contributed by atoms with Gasteiger partial charge in [-0.05, 0) is 24.8 Å². The van der Waals surface area contributed by atoms with Crippen molar-refractivity contribution in [3.05, 3.63) is 23.9 Å². The zero-order valence-electron chi connectivity index (χ0n) is 12.7. The molecule has 5 nitrogen and oxygen atoms in total. The quantitative estimate of drug-likeness (QED) is 0.669. The number of hydrogen-bond acceptors (Lipinski definition) is 3. The van der Waals surface area contributed by atoms with E-state index in [-0.39, 0.29) is 5.88 Å². The third kappa shape index (κ3) is 5.13. The van der Waals surface area contributed by atoms with E-state index in [1.165, 1.54) is 6.42 Å². The maximum absolute atomic E-state index is 12.1. The number of aliphatic imine (C=N–C) groups is 1. The Hall–Kier alpha value is -1.92. The number of hydrogen-bond donors (Lipinski definition) is 1. The molecule has 22 heavy (non-hydrogen) atoms. The molecule has 1 unspecified atom stereocenters. The van der Waals surface area contributed by atoms with E-state index in [0.29, 0.717) is 24.1 Å². The minimum atomic E-state index is -2.51. The predicted molar refractivity (Wildman–Crippen MR) is 81.0 cm³/mol. The first-order chi connectivity index (χ1) is 10.5. The highest BCUT2D eigenvalue weighted by Gasteiger charge is 2.17. The molecule has 1 saturated heterocycles. The largest absolute Gasteiger partial charge is 0.472 e. The first-order valence-electron chi connectivity index (χ1n) is 7.46. The zero-order valence-corrected chi connectivity index (χ0v) is 12.7. The number of alkyl halides is 2. The Balaban J connectivity index is 1.92. The Morgan fingerprint density at radius 3 is 3.09 bits per heavy atom. The van der Waals surface area contributed by atoms with Crippen LogP contribution < -0.4 is 10.5 Å². The fourth-order valence-electron chi connectivity index (χ4n) is 2.43. The molecule has 0 saturated carbocycles. The van der Waals surface area contributed by atoms with Gasteiger partial charge in [-0.15, -0.1) is 0 Å². The van der Waals surface area contributed by atoms with Crippen molar-refractivity contribution < 1.29 is 13.5 Å². The van der Waals surface area contributed by atoms with Crippen LogP contribution in [0.4, 0.5) is 8.78 Å². The maximum Gasteiger partial charge on any atom is 0.272 e. The van der Waals surface area contributed by atoms with E-state index >= 15 is 0 Å². The van der Waals surface area contributed by atoms with Crippen molar-refractivity contribution in [2.75, 3.05) is 19.7 Å². The summed E-state index contributed by atoms with van der Waals surface area (Å²) in [7, 11) is 0. The molecule has 0 spiro atoms. The predicted octanol–water partition coefficient (Wildman–Crippen LogP) is 2.27. The first kappa shape index (κ1) is 16.5. The second-order valence-corrected chi connectivity index (χ2v) is 5.54. The summed E-state index contributed by atoms with van der Waals surface area (Å²) in [5, 5.41) is 0. The highest BCUT2D eigenvalue weighted by atomic mass is 19.3. The van der Waals surface area contributed by atoms with Crippen LogP contribution in [0.25, 0.3) is 0 Å². The van der Waals surface area contributed by atoms with Crippen LogP contribution in [0.1, 0.15) is 25.5 Å². The van der Waals surface area contributed by atoms with Crippen molar-refractivity contribution in [3.8, 4) is 5.88 Å². The molecule has 0 bridgehead atoms. The van der Waals surface area contributed by atoms with Crippen molar-refractivity contribution in [1.82, 2.24) is 9.88 Å². The van der Waals surface area contributed by atoms with Crippen LogP contribution in [-0.4, -0.2) is 42.0 Å². The second kappa shape index (κ2) is 7.91. The lowest BCUT2D eigenvalue weighted by Crippen LogP contribution is -2.43. The number of nitrogens with zero attached hydrogens (tertiary/aromatic N) is 3. The molecular weight excluding hydrogens is 290 g/mol. The minimum absolute atomic E-state index is 0.179. The highest BCUT2D eigenvalue weighted by Crippen LogP contribution is 2.15. The fourth-order valence-corrected chi connectivity index (χ4v) is 2.43. The van der Waals surface area contributed by atoms with Crippen molar-refractivity contribution in [1.29, 1.82) is 0 Å². The summed E-state index contributed by atoms with van der Waals surface area (Å²) in [6.07, 6.45) is -0.179. The molecule has 2 N–H and O–H groups in total.